The Morgan fingerprint density at radius 3 is 3.06 bits per heavy atom. The Kier molecular flexibility index (Phi) is 3.80. The fourth-order valence-electron chi connectivity index (χ4n) is 2.05. The molecule has 2 atom stereocenters. The summed E-state index contributed by atoms with van der Waals surface area (Å²) in [7, 11) is 1.72. The van der Waals surface area contributed by atoms with Crippen molar-refractivity contribution in [3.05, 3.63) is 29.8 Å². The van der Waals surface area contributed by atoms with Gasteiger partial charge >= 0.3 is 0 Å². The molecule has 0 radical (unpaired) electrons. The SMILES string of the molecule is COCc1cccc(NC2CCOC2C)c1. The highest BCUT2D eigenvalue weighted by Gasteiger charge is 2.23. The largest absolute Gasteiger partial charge is 0.380 e. The van der Waals surface area contributed by atoms with E-state index in [2.05, 4.69) is 36.5 Å². The number of hydrogen-bond acceptors (Lipinski definition) is 3. The van der Waals surface area contributed by atoms with E-state index in [9.17, 15) is 0 Å². The summed E-state index contributed by atoms with van der Waals surface area (Å²) in [6.07, 6.45) is 1.38. The molecular formula is C13H19NO2. The van der Waals surface area contributed by atoms with Gasteiger partial charge in [0.1, 0.15) is 0 Å². The minimum Gasteiger partial charge on any atom is -0.380 e. The zero-order chi connectivity index (χ0) is 11.4. The molecule has 1 heterocycles. The van der Waals surface area contributed by atoms with Gasteiger partial charge in [-0.3, -0.25) is 0 Å². The van der Waals surface area contributed by atoms with E-state index in [1.165, 1.54) is 5.56 Å². The molecule has 1 saturated heterocycles. The van der Waals surface area contributed by atoms with Crippen molar-refractivity contribution in [1.29, 1.82) is 0 Å². The Morgan fingerprint density at radius 1 is 1.50 bits per heavy atom. The second-order valence-corrected chi connectivity index (χ2v) is 4.25. The van der Waals surface area contributed by atoms with Crippen molar-refractivity contribution in [2.75, 3.05) is 19.0 Å². The molecule has 1 aliphatic rings. The zero-order valence-corrected chi connectivity index (χ0v) is 9.90. The highest BCUT2D eigenvalue weighted by molar-refractivity contribution is 5.46. The minimum absolute atomic E-state index is 0.297. The summed E-state index contributed by atoms with van der Waals surface area (Å²) < 4.78 is 10.6. The predicted molar refractivity (Wildman–Crippen MR) is 64.6 cm³/mol. The molecule has 1 aromatic carbocycles. The second-order valence-electron chi connectivity index (χ2n) is 4.25. The van der Waals surface area contributed by atoms with Crippen LogP contribution in [0, 0.1) is 0 Å². The van der Waals surface area contributed by atoms with Gasteiger partial charge in [-0.15, -0.1) is 0 Å². The van der Waals surface area contributed by atoms with Crippen LogP contribution in [0.15, 0.2) is 24.3 Å². The van der Waals surface area contributed by atoms with Gasteiger partial charge in [0.15, 0.2) is 0 Å². The first-order valence-corrected chi connectivity index (χ1v) is 5.75. The van der Waals surface area contributed by atoms with Crippen LogP contribution in [0.4, 0.5) is 5.69 Å². The molecule has 0 saturated carbocycles. The topological polar surface area (TPSA) is 30.5 Å². The summed E-state index contributed by atoms with van der Waals surface area (Å²) in [5.41, 5.74) is 2.34. The highest BCUT2D eigenvalue weighted by Crippen LogP contribution is 2.19. The summed E-state index contributed by atoms with van der Waals surface area (Å²) in [5, 5.41) is 3.51. The molecule has 0 bridgehead atoms. The lowest BCUT2D eigenvalue weighted by Gasteiger charge is -2.17. The van der Waals surface area contributed by atoms with Gasteiger partial charge in [0, 0.05) is 19.4 Å². The summed E-state index contributed by atoms with van der Waals surface area (Å²) >= 11 is 0. The lowest BCUT2D eigenvalue weighted by Crippen LogP contribution is -2.26. The summed E-state index contributed by atoms with van der Waals surface area (Å²) in [4.78, 5) is 0. The molecule has 1 N–H and O–H groups in total. The molecule has 2 rings (SSSR count). The van der Waals surface area contributed by atoms with E-state index < -0.39 is 0 Å². The van der Waals surface area contributed by atoms with E-state index in [1.54, 1.807) is 7.11 Å². The molecule has 1 aromatic rings. The average Bonchev–Trinajstić information content (AvgIpc) is 2.66. The van der Waals surface area contributed by atoms with Gasteiger partial charge in [-0.25, -0.2) is 0 Å². The van der Waals surface area contributed by atoms with Crippen molar-refractivity contribution in [1.82, 2.24) is 0 Å². The molecule has 0 spiro atoms. The molecule has 0 amide bonds. The van der Waals surface area contributed by atoms with Crippen molar-refractivity contribution >= 4 is 5.69 Å². The van der Waals surface area contributed by atoms with Crippen LogP contribution in [0.5, 0.6) is 0 Å². The van der Waals surface area contributed by atoms with Crippen molar-refractivity contribution in [3.8, 4) is 0 Å². The average molecular weight is 221 g/mol. The molecule has 3 heteroatoms. The van der Waals surface area contributed by atoms with Gasteiger partial charge < -0.3 is 14.8 Å². The maximum absolute atomic E-state index is 5.53. The van der Waals surface area contributed by atoms with Gasteiger partial charge in [-0.2, -0.15) is 0 Å². The number of nitrogens with one attached hydrogen (secondary N) is 1. The maximum Gasteiger partial charge on any atom is 0.0748 e. The number of ether oxygens (including phenoxy) is 2. The first kappa shape index (κ1) is 11.4. The third kappa shape index (κ3) is 2.74. The van der Waals surface area contributed by atoms with Crippen molar-refractivity contribution in [2.45, 2.75) is 32.1 Å². The van der Waals surface area contributed by atoms with Crippen molar-refractivity contribution in [3.63, 3.8) is 0 Å². The lowest BCUT2D eigenvalue weighted by atomic mass is 10.1. The number of rotatable bonds is 4. The molecule has 1 fully saturated rings. The Labute approximate surface area is 96.8 Å². The molecule has 0 aromatic heterocycles. The maximum atomic E-state index is 5.53. The first-order chi connectivity index (χ1) is 7.79. The van der Waals surface area contributed by atoms with E-state index in [1.807, 2.05) is 0 Å². The van der Waals surface area contributed by atoms with Crippen LogP contribution in [0.3, 0.4) is 0 Å². The number of anilines is 1. The molecule has 3 nitrogen and oxygen atoms in total. The Bertz CT molecular complexity index is 340. The minimum atomic E-state index is 0.297. The van der Waals surface area contributed by atoms with Crippen LogP contribution >= 0.6 is 0 Å². The van der Waals surface area contributed by atoms with Crippen LogP contribution in [0.25, 0.3) is 0 Å². The van der Waals surface area contributed by atoms with E-state index >= 15 is 0 Å². The highest BCUT2D eigenvalue weighted by atomic mass is 16.5. The normalized spacial score (nSPS) is 24.6. The Hall–Kier alpha value is -1.06. The van der Waals surface area contributed by atoms with E-state index in [0.717, 1.165) is 18.7 Å². The summed E-state index contributed by atoms with van der Waals surface area (Å²) in [6, 6.07) is 8.77. The fraction of sp³-hybridized carbons (Fsp3) is 0.538. The molecule has 0 aliphatic carbocycles. The fourth-order valence-corrected chi connectivity index (χ4v) is 2.05. The third-order valence-corrected chi connectivity index (χ3v) is 2.97. The Balaban J connectivity index is 2.00. The lowest BCUT2D eigenvalue weighted by molar-refractivity contribution is 0.121. The molecule has 16 heavy (non-hydrogen) atoms. The standard InChI is InChI=1S/C13H19NO2/c1-10-13(6-7-16-10)14-12-5-3-4-11(8-12)9-15-2/h3-5,8,10,13-14H,6-7,9H2,1-2H3. The molecule has 88 valence electrons. The summed E-state index contributed by atoms with van der Waals surface area (Å²) in [6.45, 7) is 3.63. The molecular weight excluding hydrogens is 202 g/mol. The molecule has 1 aliphatic heterocycles. The predicted octanol–water partition coefficient (Wildman–Crippen LogP) is 2.42. The monoisotopic (exact) mass is 221 g/mol. The van der Waals surface area contributed by atoms with Gasteiger partial charge in [0.05, 0.1) is 18.8 Å². The smallest absolute Gasteiger partial charge is 0.0748 e. The number of methoxy groups -OCH3 is 1. The first-order valence-electron chi connectivity index (χ1n) is 5.75. The Morgan fingerprint density at radius 2 is 2.38 bits per heavy atom. The zero-order valence-electron chi connectivity index (χ0n) is 9.90. The van der Waals surface area contributed by atoms with Crippen LogP contribution in [-0.4, -0.2) is 25.9 Å². The molecule has 2 unspecified atom stereocenters. The van der Waals surface area contributed by atoms with Crippen LogP contribution in [0.2, 0.25) is 0 Å². The quantitative estimate of drug-likeness (QED) is 0.847. The van der Waals surface area contributed by atoms with Crippen molar-refractivity contribution in [2.24, 2.45) is 0 Å². The van der Waals surface area contributed by atoms with Gasteiger partial charge in [-0.05, 0) is 31.0 Å². The summed E-state index contributed by atoms with van der Waals surface area (Å²) in [5.74, 6) is 0. The number of hydrogen-bond donors (Lipinski definition) is 1. The van der Waals surface area contributed by atoms with Gasteiger partial charge in [0.2, 0.25) is 0 Å². The third-order valence-electron chi connectivity index (χ3n) is 2.97. The van der Waals surface area contributed by atoms with Crippen LogP contribution in [0.1, 0.15) is 18.9 Å². The number of benzene rings is 1. The van der Waals surface area contributed by atoms with Crippen LogP contribution in [-0.2, 0) is 16.1 Å². The van der Waals surface area contributed by atoms with Crippen molar-refractivity contribution < 1.29 is 9.47 Å². The van der Waals surface area contributed by atoms with E-state index in [4.69, 9.17) is 9.47 Å². The van der Waals surface area contributed by atoms with Gasteiger partial charge in [-0.1, -0.05) is 12.1 Å². The van der Waals surface area contributed by atoms with E-state index in [-0.39, 0.29) is 0 Å². The van der Waals surface area contributed by atoms with E-state index in [0.29, 0.717) is 18.8 Å². The van der Waals surface area contributed by atoms with Crippen LogP contribution < -0.4 is 5.32 Å². The van der Waals surface area contributed by atoms with Gasteiger partial charge in [0.25, 0.3) is 0 Å². The second kappa shape index (κ2) is 5.32.